The molecule has 0 aliphatic rings. The summed E-state index contributed by atoms with van der Waals surface area (Å²) in [4.78, 5) is 0. The second-order valence-electron chi connectivity index (χ2n) is 5.55. The molecule has 1 N–H and O–H groups in total. The van der Waals surface area contributed by atoms with Crippen LogP contribution in [-0.2, 0) is 11.8 Å². The van der Waals surface area contributed by atoms with Crippen LogP contribution in [-0.4, -0.2) is 13.6 Å². The lowest BCUT2D eigenvalue weighted by atomic mass is 9.73. The van der Waals surface area contributed by atoms with Crippen molar-refractivity contribution in [2.75, 3.05) is 13.6 Å². The van der Waals surface area contributed by atoms with Gasteiger partial charge >= 0.3 is 0 Å². The second kappa shape index (κ2) is 6.20. The van der Waals surface area contributed by atoms with Gasteiger partial charge in [0.2, 0.25) is 0 Å². The summed E-state index contributed by atoms with van der Waals surface area (Å²) in [6.45, 7) is 10.2. The van der Waals surface area contributed by atoms with Crippen LogP contribution in [0.2, 0.25) is 0 Å². The molecule has 0 aromatic heterocycles. The quantitative estimate of drug-likeness (QED) is 0.788. The van der Waals surface area contributed by atoms with Gasteiger partial charge < -0.3 is 5.32 Å². The van der Waals surface area contributed by atoms with Crippen LogP contribution >= 0.6 is 0 Å². The Morgan fingerprint density at radius 3 is 2.18 bits per heavy atom. The van der Waals surface area contributed by atoms with Gasteiger partial charge in [-0.25, -0.2) is 0 Å². The first-order valence-electron chi connectivity index (χ1n) is 6.78. The summed E-state index contributed by atoms with van der Waals surface area (Å²) in [7, 11) is 2.03. The Hall–Kier alpha value is -0.820. The summed E-state index contributed by atoms with van der Waals surface area (Å²) in [5.41, 5.74) is 3.12. The highest BCUT2D eigenvalue weighted by atomic mass is 14.8. The van der Waals surface area contributed by atoms with Crippen molar-refractivity contribution in [2.24, 2.45) is 5.92 Å². The number of benzene rings is 1. The van der Waals surface area contributed by atoms with E-state index >= 15 is 0 Å². The Balaban J connectivity index is 2.95. The Bertz CT molecular complexity index is 326. The molecule has 0 saturated heterocycles. The fourth-order valence-corrected chi connectivity index (χ4v) is 2.35. The zero-order chi connectivity index (χ0) is 12.9. The summed E-state index contributed by atoms with van der Waals surface area (Å²) in [5.74, 6) is 0.631. The molecule has 1 aromatic carbocycles. The van der Waals surface area contributed by atoms with Crippen molar-refractivity contribution >= 4 is 0 Å². The van der Waals surface area contributed by atoms with E-state index in [0.29, 0.717) is 5.92 Å². The monoisotopic (exact) mass is 233 g/mol. The lowest BCUT2D eigenvalue weighted by Crippen LogP contribution is -2.38. The standard InChI is InChI=1S/C16H27N/c1-6-7-14-8-10-15(11-9-14)16(4,12-17-5)13(2)3/h8-11,13,17H,6-7,12H2,1-5H3. The first kappa shape index (κ1) is 14.2. The second-order valence-corrected chi connectivity index (χ2v) is 5.55. The van der Waals surface area contributed by atoms with E-state index in [2.05, 4.69) is 57.3 Å². The maximum atomic E-state index is 3.33. The molecule has 1 heteroatoms. The molecule has 96 valence electrons. The number of likely N-dealkylation sites (N-methyl/N-ethyl adjacent to an activating group) is 1. The van der Waals surface area contributed by atoms with Gasteiger partial charge in [0.25, 0.3) is 0 Å². The van der Waals surface area contributed by atoms with Gasteiger partial charge in [-0.2, -0.15) is 0 Å². The average Bonchev–Trinajstić information content (AvgIpc) is 2.30. The van der Waals surface area contributed by atoms with Crippen LogP contribution in [0, 0.1) is 5.92 Å². The number of nitrogens with one attached hydrogen (secondary N) is 1. The van der Waals surface area contributed by atoms with Crippen molar-refractivity contribution in [2.45, 2.75) is 46.0 Å². The van der Waals surface area contributed by atoms with Gasteiger partial charge in [0.15, 0.2) is 0 Å². The molecule has 1 nitrogen and oxygen atoms in total. The van der Waals surface area contributed by atoms with E-state index in [0.717, 1.165) is 6.54 Å². The Morgan fingerprint density at radius 2 is 1.76 bits per heavy atom. The maximum absolute atomic E-state index is 3.33. The molecule has 1 unspecified atom stereocenters. The predicted octanol–water partition coefficient (Wildman–Crippen LogP) is 3.77. The first-order valence-corrected chi connectivity index (χ1v) is 6.78. The Labute approximate surface area is 107 Å². The summed E-state index contributed by atoms with van der Waals surface area (Å²) >= 11 is 0. The molecular formula is C16H27N. The van der Waals surface area contributed by atoms with Gasteiger partial charge in [0, 0.05) is 12.0 Å². The maximum Gasteiger partial charge on any atom is 0.00723 e. The molecule has 0 fully saturated rings. The largest absolute Gasteiger partial charge is 0.319 e. The van der Waals surface area contributed by atoms with Crippen LogP contribution in [0.4, 0.5) is 0 Å². The van der Waals surface area contributed by atoms with E-state index < -0.39 is 0 Å². The SMILES string of the molecule is CCCc1ccc(C(C)(CNC)C(C)C)cc1. The van der Waals surface area contributed by atoms with Gasteiger partial charge in [0.1, 0.15) is 0 Å². The van der Waals surface area contributed by atoms with Crippen LogP contribution in [0.15, 0.2) is 24.3 Å². The molecule has 0 spiro atoms. The van der Waals surface area contributed by atoms with E-state index in [9.17, 15) is 0 Å². The van der Waals surface area contributed by atoms with Crippen LogP contribution < -0.4 is 5.32 Å². The third kappa shape index (κ3) is 3.32. The zero-order valence-electron chi connectivity index (χ0n) is 12.0. The molecule has 17 heavy (non-hydrogen) atoms. The van der Waals surface area contributed by atoms with E-state index in [-0.39, 0.29) is 5.41 Å². The minimum absolute atomic E-state index is 0.222. The number of hydrogen-bond acceptors (Lipinski definition) is 1. The molecule has 1 aromatic rings. The van der Waals surface area contributed by atoms with Crippen molar-refractivity contribution in [1.82, 2.24) is 5.32 Å². The third-order valence-electron chi connectivity index (χ3n) is 3.97. The van der Waals surface area contributed by atoms with Gasteiger partial charge in [-0.15, -0.1) is 0 Å². The van der Waals surface area contributed by atoms with E-state index in [4.69, 9.17) is 0 Å². The van der Waals surface area contributed by atoms with Crippen molar-refractivity contribution in [3.63, 3.8) is 0 Å². The van der Waals surface area contributed by atoms with Crippen LogP contribution in [0.5, 0.6) is 0 Å². The van der Waals surface area contributed by atoms with Crippen LogP contribution in [0.3, 0.4) is 0 Å². The molecule has 0 radical (unpaired) electrons. The van der Waals surface area contributed by atoms with E-state index in [1.54, 1.807) is 0 Å². The van der Waals surface area contributed by atoms with Gasteiger partial charge in [-0.3, -0.25) is 0 Å². The lowest BCUT2D eigenvalue weighted by Gasteiger charge is -2.34. The molecule has 0 aliphatic heterocycles. The van der Waals surface area contributed by atoms with Crippen molar-refractivity contribution < 1.29 is 0 Å². The van der Waals surface area contributed by atoms with Gasteiger partial charge in [-0.05, 0) is 30.5 Å². The molecule has 1 atom stereocenters. The zero-order valence-corrected chi connectivity index (χ0v) is 12.0. The molecule has 1 rings (SSSR count). The molecule has 0 bridgehead atoms. The van der Waals surface area contributed by atoms with Crippen molar-refractivity contribution in [3.8, 4) is 0 Å². The van der Waals surface area contributed by atoms with Gasteiger partial charge in [-0.1, -0.05) is 58.4 Å². The fraction of sp³-hybridized carbons (Fsp3) is 0.625. The summed E-state index contributed by atoms with van der Waals surface area (Å²) in [6.07, 6.45) is 2.40. The predicted molar refractivity (Wildman–Crippen MR) is 76.6 cm³/mol. The molecule has 0 saturated carbocycles. The molecule has 0 heterocycles. The van der Waals surface area contributed by atoms with Gasteiger partial charge in [0.05, 0.1) is 0 Å². The van der Waals surface area contributed by atoms with E-state index in [1.165, 1.54) is 24.0 Å². The summed E-state index contributed by atoms with van der Waals surface area (Å²) in [6, 6.07) is 9.19. The van der Waals surface area contributed by atoms with Crippen LogP contribution in [0.1, 0.15) is 45.2 Å². The molecular weight excluding hydrogens is 206 g/mol. The highest BCUT2D eigenvalue weighted by molar-refractivity contribution is 5.30. The fourth-order valence-electron chi connectivity index (χ4n) is 2.35. The molecule has 0 aliphatic carbocycles. The normalized spacial score (nSPS) is 14.9. The smallest absolute Gasteiger partial charge is 0.00723 e. The first-order chi connectivity index (χ1) is 8.04. The number of rotatable bonds is 6. The van der Waals surface area contributed by atoms with Crippen LogP contribution in [0.25, 0.3) is 0 Å². The highest BCUT2D eigenvalue weighted by Crippen LogP contribution is 2.31. The van der Waals surface area contributed by atoms with E-state index in [1.807, 2.05) is 7.05 Å². The van der Waals surface area contributed by atoms with Crippen molar-refractivity contribution in [1.29, 1.82) is 0 Å². The summed E-state index contributed by atoms with van der Waals surface area (Å²) < 4.78 is 0. The molecule has 0 amide bonds. The topological polar surface area (TPSA) is 12.0 Å². The third-order valence-corrected chi connectivity index (χ3v) is 3.97. The number of hydrogen-bond donors (Lipinski definition) is 1. The highest BCUT2D eigenvalue weighted by Gasteiger charge is 2.29. The minimum Gasteiger partial charge on any atom is -0.319 e. The minimum atomic E-state index is 0.222. The Morgan fingerprint density at radius 1 is 1.18 bits per heavy atom. The number of aryl methyl sites for hydroxylation is 1. The summed E-state index contributed by atoms with van der Waals surface area (Å²) in [5, 5.41) is 3.33. The van der Waals surface area contributed by atoms with Crippen molar-refractivity contribution in [3.05, 3.63) is 35.4 Å². The average molecular weight is 233 g/mol. The Kier molecular flexibility index (Phi) is 5.20. The lowest BCUT2D eigenvalue weighted by molar-refractivity contribution is 0.327.